The van der Waals surface area contributed by atoms with Gasteiger partial charge in [-0.15, -0.1) is 30.1 Å². The third kappa shape index (κ3) is 2.99. The third-order valence-corrected chi connectivity index (χ3v) is 3.62. The van der Waals surface area contributed by atoms with E-state index in [-0.39, 0.29) is 0 Å². The van der Waals surface area contributed by atoms with Crippen LogP contribution in [0.1, 0.15) is 0 Å². The molecule has 1 fully saturated rings. The van der Waals surface area contributed by atoms with Gasteiger partial charge >= 0.3 is 0 Å². The maximum absolute atomic E-state index is 5.29. The van der Waals surface area contributed by atoms with Crippen LogP contribution in [0.25, 0.3) is 0 Å². The van der Waals surface area contributed by atoms with Gasteiger partial charge in [0, 0.05) is 11.0 Å². The minimum Gasteiger partial charge on any atom is -0.376 e. The van der Waals surface area contributed by atoms with E-state index >= 15 is 0 Å². The average Bonchev–Trinajstić information content (AvgIpc) is 2.41. The van der Waals surface area contributed by atoms with Gasteiger partial charge in [-0.3, -0.25) is 0 Å². The summed E-state index contributed by atoms with van der Waals surface area (Å²) < 4.78 is 5.29. The Morgan fingerprint density at radius 3 is 3.30 bits per heavy atom. The molecule has 0 saturated carbocycles. The molecule has 0 aromatic rings. The molecule has 0 aromatic heterocycles. The second kappa shape index (κ2) is 5.10. The van der Waals surface area contributed by atoms with Gasteiger partial charge in [0.25, 0.3) is 0 Å². The highest BCUT2D eigenvalue weighted by atomic mass is 32.2. The summed E-state index contributed by atoms with van der Waals surface area (Å²) in [4.78, 5) is 0. The van der Waals surface area contributed by atoms with Gasteiger partial charge in [-0.25, -0.2) is 0 Å². The Balaban J connectivity index is 1.96. The second-order valence-corrected chi connectivity index (χ2v) is 4.39. The van der Waals surface area contributed by atoms with E-state index in [1.165, 1.54) is 5.75 Å². The Labute approximate surface area is 70.6 Å². The fourth-order valence-corrected chi connectivity index (χ4v) is 2.97. The zero-order valence-corrected chi connectivity index (χ0v) is 7.42. The fourth-order valence-electron chi connectivity index (χ4n) is 0.674. The van der Waals surface area contributed by atoms with Crippen LogP contribution >= 0.6 is 23.5 Å². The lowest BCUT2D eigenvalue weighted by Gasteiger charge is -2.05. The predicted octanol–water partition coefficient (Wildman–Crippen LogP) is 2.16. The van der Waals surface area contributed by atoms with Crippen LogP contribution in [-0.4, -0.2) is 24.2 Å². The van der Waals surface area contributed by atoms with Crippen LogP contribution in [0, 0.1) is 5.08 Å². The van der Waals surface area contributed by atoms with Crippen molar-refractivity contribution in [2.75, 3.05) is 19.0 Å². The standard InChI is InChI=1S/C7H11OS2/c1-2-3-8-4-7-5-9-6-10-7/h2,6-7H,1,3-5H2. The molecule has 0 spiro atoms. The van der Waals surface area contributed by atoms with Crippen LogP contribution in [0.2, 0.25) is 0 Å². The molecular weight excluding hydrogens is 164 g/mol. The molecule has 1 nitrogen and oxygen atoms in total. The summed E-state index contributed by atoms with van der Waals surface area (Å²) in [6.45, 7) is 5.12. The molecule has 1 aliphatic rings. The highest BCUT2D eigenvalue weighted by Gasteiger charge is 2.15. The van der Waals surface area contributed by atoms with Crippen molar-refractivity contribution in [3.05, 3.63) is 17.7 Å². The highest BCUT2D eigenvalue weighted by molar-refractivity contribution is 8.22. The van der Waals surface area contributed by atoms with E-state index in [2.05, 4.69) is 11.7 Å². The Morgan fingerprint density at radius 1 is 1.80 bits per heavy atom. The molecule has 0 amide bonds. The number of hydrogen-bond acceptors (Lipinski definition) is 3. The fraction of sp³-hybridized carbons (Fsp3) is 0.571. The first kappa shape index (κ1) is 8.50. The van der Waals surface area contributed by atoms with E-state index in [0.29, 0.717) is 11.9 Å². The number of ether oxygens (including phenoxy) is 1. The van der Waals surface area contributed by atoms with E-state index in [0.717, 1.165) is 6.61 Å². The van der Waals surface area contributed by atoms with Crippen LogP contribution in [0.15, 0.2) is 12.7 Å². The van der Waals surface area contributed by atoms with Crippen molar-refractivity contribution >= 4 is 23.5 Å². The third-order valence-electron chi connectivity index (χ3n) is 1.14. The monoisotopic (exact) mass is 175 g/mol. The number of thioether (sulfide) groups is 2. The van der Waals surface area contributed by atoms with Crippen LogP contribution in [0.3, 0.4) is 0 Å². The van der Waals surface area contributed by atoms with Gasteiger partial charge in [0.15, 0.2) is 0 Å². The van der Waals surface area contributed by atoms with Crippen molar-refractivity contribution in [3.8, 4) is 0 Å². The summed E-state index contributed by atoms with van der Waals surface area (Å²) in [5.74, 6) is 1.20. The summed E-state index contributed by atoms with van der Waals surface area (Å²) in [6, 6.07) is 0. The van der Waals surface area contributed by atoms with Gasteiger partial charge in [-0.1, -0.05) is 6.08 Å². The topological polar surface area (TPSA) is 9.23 Å². The predicted molar refractivity (Wildman–Crippen MR) is 49.2 cm³/mol. The molecule has 0 bridgehead atoms. The number of hydrogen-bond donors (Lipinski definition) is 0. The molecule has 3 heteroatoms. The Kier molecular flexibility index (Phi) is 4.34. The smallest absolute Gasteiger partial charge is 0.0716 e. The van der Waals surface area contributed by atoms with Crippen molar-refractivity contribution in [1.82, 2.24) is 0 Å². The maximum Gasteiger partial charge on any atom is 0.0716 e. The first-order valence-electron chi connectivity index (χ1n) is 3.21. The van der Waals surface area contributed by atoms with E-state index in [9.17, 15) is 0 Å². The average molecular weight is 175 g/mol. The Bertz CT molecular complexity index is 99.8. The van der Waals surface area contributed by atoms with Crippen LogP contribution < -0.4 is 0 Å². The normalized spacial score (nSPS) is 25.0. The minimum absolute atomic E-state index is 0.671. The van der Waals surface area contributed by atoms with Crippen molar-refractivity contribution in [1.29, 1.82) is 0 Å². The van der Waals surface area contributed by atoms with E-state index < -0.39 is 0 Å². The quantitative estimate of drug-likeness (QED) is 0.478. The molecule has 0 aliphatic carbocycles. The van der Waals surface area contributed by atoms with Crippen LogP contribution in [0.4, 0.5) is 0 Å². The molecule has 1 unspecified atom stereocenters. The summed E-state index contributed by atoms with van der Waals surface area (Å²) >= 11 is 3.74. The SMILES string of the molecule is C=CCOCC1CS[CH]S1. The first-order valence-corrected chi connectivity index (χ1v) is 5.20. The van der Waals surface area contributed by atoms with E-state index in [1.54, 1.807) is 6.08 Å². The summed E-state index contributed by atoms with van der Waals surface area (Å²) in [5.41, 5.74) is 0. The van der Waals surface area contributed by atoms with E-state index in [4.69, 9.17) is 4.74 Å². The maximum atomic E-state index is 5.29. The summed E-state index contributed by atoms with van der Waals surface area (Å²) in [5, 5.41) is 2.85. The zero-order chi connectivity index (χ0) is 7.23. The number of rotatable bonds is 4. The molecule has 1 saturated heterocycles. The van der Waals surface area contributed by atoms with Gasteiger partial charge in [0.2, 0.25) is 0 Å². The first-order chi connectivity index (χ1) is 4.93. The molecule has 1 radical (unpaired) electrons. The molecular formula is C7H11OS2. The van der Waals surface area contributed by atoms with E-state index in [1.807, 2.05) is 23.5 Å². The second-order valence-electron chi connectivity index (χ2n) is 2.01. The van der Waals surface area contributed by atoms with Crippen LogP contribution in [0.5, 0.6) is 0 Å². The summed E-state index contributed by atoms with van der Waals surface area (Å²) in [6.07, 6.45) is 1.79. The highest BCUT2D eigenvalue weighted by Crippen LogP contribution is 2.33. The lowest BCUT2D eigenvalue weighted by atomic mass is 10.5. The van der Waals surface area contributed by atoms with Crippen molar-refractivity contribution < 1.29 is 4.74 Å². The Hall–Kier alpha value is 0.400. The molecule has 1 atom stereocenters. The lowest BCUT2D eigenvalue weighted by molar-refractivity contribution is 0.167. The van der Waals surface area contributed by atoms with Gasteiger partial charge < -0.3 is 4.74 Å². The molecule has 10 heavy (non-hydrogen) atoms. The van der Waals surface area contributed by atoms with Crippen molar-refractivity contribution in [2.45, 2.75) is 5.25 Å². The Morgan fingerprint density at radius 2 is 2.70 bits per heavy atom. The minimum atomic E-state index is 0.671. The largest absolute Gasteiger partial charge is 0.376 e. The molecule has 1 rings (SSSR count). The van der Waals surface area contributed by atoms with Gasteiger partial charge in [0.05, 0.1) is 18.3 Å². The van der Waals surface area contributed by atoms with Crippen molar-refractivity contribution in [3.63, 3.8) is 0 Å². The molecule has 1 heterocycles. The van der Waals surface area contributed by atoms with Gasteiger partial charge in [-0.2, -0.15) is 0 Å². The zero-order valence-electron chi connectivity index (χ0n) is 5.79. The summed E-state index contributed by atoms with van der Waals surface area (Å²) in [7, 11) is 0. The van der Waals surface area contributed by atoms with Gasteiger partial charge in [-0.05, 0) is 0 Å². The molecule has 1 aliphatic heterocycles. The lowest BCUT2D eigenvalue weighted by Crippen LogP contribution is -2.10. The molecule has 57 valence electrons. The van der Waals surface area contributed by atoms with Crippen molar-refractivity contribution in [2.24, 2.45) is 0 Å². The van der Waals surface area contributed by atoms with Gasteiger partial charge in [0.1, 0.15) is 0 Å². The van der Waals surface area contributed by atoms with Crippen LogP contribution in [-0.2, 0) is 4.74 Å². The molecule has 0 aromatic carbocycles. The molecule has 0 N–H and O–H groups in total.